The van der Waals surface area contributed by atoms with Gasteiger partial charge < -0.3 is 5.73 Å². The minimum Gasteiger partial charge on any atom is -0.330 e. The zero-order chi connectivity index (χ0) is 11.6. The summed E-state index contributed by atoms with van der Waals surface area (Å²) < 4.78 is 26.6. The summed E-state index contributed by atoms with van der Waals surface area (Å²) in [5.41, 5.74) is 5.44. The van der Waals surface area contributed by atoms with Gasteiger partial charge >= 0.3 is 0 Å². The summed E-state index contributed by atoms with van der Waals surface area (Å²) in [7, 11) is -3.27. The Morgan fingerprint density at radius 1 is 1.50 bits per heavy atom. The fraction of sp³-hybridized carbons (Fsp3) is 0.600. The highest BCUT2D eigenvalue weighted by Crippen LogP contribution is 2.33. The van der Waals surface area contributed by atoms with Crippen molar-refractivity contribution in [1.82, 2.24) is 4.31 Å². The molecule has 0 unspecified atom stereocenters. The van der Waals surface area contributed by atoms with Crippen LogP contribution in [-0.4, -0.2) is 31.9 Å². The molecule has 90 valence electrons. The zero-order valence-electron chi connectivity index (χ0n) is 9.00. The smallest absolute Gasteiger partial charge is 0.252 e. The van der Waals surface area contributed by atoms with Crippen molar-refractivity contribution in [2.75, 3.05) is 13.1 Å². The van der Waals surface area contributed by atoms with E-state index in [1.807, 2.05) is 0 Å². The quantitative estimate of drug-likeness (QED) is 0.837. The van der Waals surface area contributed by atoms with Crippen molar-refractivity contribution in [2.24, 2.45) is 5.73 Å². The number of sulfonamides is 1. The lowest BCUT2D eigenvalue weighted by atomic mass is 10.4. The van der Waals surface area contributed by atoms with Gasteiger partial charge in [0.2, 0.25) is 0 Å². The molecular formula is C10H16N2O2S2. The maximum atomic E-state index is 12.3. The first kappa shape index (κ1) is 12.0. The molecule has 0 atom stereocenters. The maximum Gasteiger partial charge on any atom is 0.252 e. The topological polar surface area (TPSA) is 63.4 Å². The van der Waals surface area contributed by atoms with E-state index in [1.165, 1.54) is 11.3 Å². The summed E-state index contributed by atoms with van der Waals surface area (Å²) in [6.45, 7) is 1.07. The van der Waals surface area contributed by atoms with Crippen molar-refractivity contribution < 1.29 is 8.42 Å². The van der Waals surface area contributed by atoms with Crippen molar-refractivity contribution >= 4 is 21.4 Å². The average molecular weight is 260 g/mol. The molecular weight excluding hydrogens is 244 g/mol. The van der Waals surface area contributed by atoms with E-state index in [0.29, 0.717) is 17.3 Å². The zero-order valence-corrected chi connectivity index (χ0v) is 10.6. The van der Waals surface area contributed by atoms with E-state index in [9.17, 15) is 8.42 Å². The fourth-order valence-corrected chi connectivity index (χ4v) is 4.48. The van der Waals surface area contributed by atoms with Crippen LogP contribution in [0.2, 0.25) is 0 Å². The van der Waals surface area contributed by atoms with Gasteiger partial charge in [-0.1, -0.05) is 6.07 Å². The first-order chi connectivity index (χ1) is 7.66. The van der Waals surface area contributed by atoms with Gasteiger partial charge in [0.1, 0.15) is 4.21 Å². The van der Waals surface area contributed by atoms with Crippen LogP contribution in [0.5, 0.6) is 0 Å². The van der Waals surface area contributed by atoms with E-state index in [0.717, 1.165) is 19.3 Å². The molecule has 6 heteroatoms. The highest BCUT2D eigenvalue weighted by Gasteiger charge is 2.37. The van der Waals surface area contributed by atoms with Crippen molar-refractivity contribution in [3.05, 3.63) is 17.5 Å². The summed E-state index contributed by atoms with van der Waals surface area (Å²) in [5.74, 6) is 0. The third-order valence-corrected chi connectivity index (χ3v) is 5.92. The van der Waals surface area contributed by atoms with E-state index >= 15 is 0 Å². The second kappa shape index (κ2) is 4.83. The molecule has 0 aromatic carbocycles. The Kier molecular flexibility index (Phi) is 3.63. The molecule has 1 aromatic rings. The summed E-state index contributed by atoms with van der Waals surface area (Å²) in [5, 5.41) is 1.79. The van der Waals surface area contributed by atoms with Crippen molar-refractivity contribution in [2.45, 2.75) is 29.5 Å². The number of hydrogen-bond acceptors (Lipinski definition) is 4. The van der Waals surface area contributed by atoms with Crippen LogP contribution < -0.4 is 5.73 Å². The van der Waals surface area contributed by atoms with Gasteiger partial charge in [-0.2, -0.15) is 4.31 Å². The van der Waals surface area contributed by atoms with Crippen LogP contribution in [0, 0.1) is 0 Å². The third kappa shape index (κ3) is 2.45. The van der Waals surface area contributed by atoms with Gasteiger partial charge in [0.05, 0.1) is 0 Å². The standard InChI is InChI=1S/C10H16N2O2S2/c11-6-2-7-12(9-4-5-9)16(13,14)10-3-1-8-15-10/h1,3,8-9H,2,4-7,11H2. The molecule has 1 fully saturated rings. The number of rotatable bonds is 6. The van der Waals surface area contributed by atoms with Gasteiger partial charge in [-0.3, -0.25) is 0 Å². The van der Waals surface area contributed by atoms with Gasteiger partial charge in [-0.25, -0.2) is 8.42 Å². The van der Waals surface area contributed by atoms with E-state index < -0.39 is 10.0 Å². The molecule has 0 bridgehead atoms. The molecule has 1 aliphatic carbocycles. The number of nitrogens with zero attached hydrogens (tertiary/aromatic N) is 1. The van der Waals surface area contributed by atoms with E-state index in [1.54, 1.807) is 21.8 Å². The molecule has 0 spiro atoms. The minimum atomic E-state index is -3.27. The summed E-state index contributed by atoms with van der Waals surface area (Å²) in [6, 6.07) is 3.64. The first-order valence-electron chi connectivity index (χ1n) is 5.41. The molecule has 2 N–H and O–H groups in total. The van der Waals surface area contributed by atoms with Crippen LogP contribution in [-0.2, 0) is 10.0 Å². The van der Waals surface area contributed by atoms with Crippen LogP contribution >= 0.6 is 11.3 Å². The Bertz CT molecular complexity index is 424. The molecule has 4 nitrogen and oxygen atoms in total. The second-order valence-corrected chi connectivity index (χ2v) is 6.99. The van der Waals surface area contributed by atoms with Gasteiger partial charge in [-0.15, -0.1) is 11.3 Å². The molecule has 1 heterocycles. The number of hydrogen-bond donors (Lipinski definition) is 1. The first-order valence-corrected chi connectivity index (χ1v) is 7.73. The summed E-state index contributed by atoms with van der Waals surface area (Å²) in [6.07, 6.45) is 2.69. The second-order valence-electron chi connectivity index (χ2n) is 3.92. The van der Waals surface area contributed by atoms with Crippen LogP contribution in [0.4, 0.5) is 0 Å². The Balaban J connectivity index is 2.18. The van der Waals surface area contributed by atoms with Gasteiger partial charge in [0.15, 0.2) is 0 Å². The predicted molar refractivity (Wildman–Crippen MR) is 64.9 cm³/mol. The predicted octanol–water partition coefficient (Wildman–Crippen LogP) is 1.25. The molecule has 2 rings (SSSR count). The Morgan fingerprint density at radius 2 is 2.25 bits per heavy atom. The van der Waals surface area contributed by atoms with Crippen molar-refractivity contribution in [3.8, 4) is 0 Å². The fourth-order valence-electron chi connectivity index (χ4n) is 1.63. The Hall–Kier alpha value is -0.430. The molecule has 0 amide bonds. The van der Waals surface area contributed by atoms with Crippen molar-refractivity contribution in [1.29, 1.82) is 0 Å². The van der Waals surface area contributed by atoms with E-state index in [4.69, 9.17) is 5.73 Å². The molecule has 0 radical (unpaired) electrons. The SMILES string of the molecule is NCCCN(C1CC1)S(=O)(=O)c1cccs1. The lowest BCUT2D eigenvalue weighted by molar-refractivity contribution is 0.400. The highest BCUT2D eigenvalue weighted by atomic mass is 32.2. The van der Waals surface area contributed by atoms with Crippen LogP contribution in [0.3, 0.4) is 0 Å². The molecule has 16 heavy (non-hydrogen) atoms. The Labute approximate surface area is 100 Å². The van der Waals surface area contributed by atoms with Crippen LogP contribution in [0.25, 0.3) is 0 Å². The van der Waals surface area contributed by atoms with Gasteiger partial charge in [0.25, 0.3) is 10.0 Å². The largest absolute Gasteiger partial charge is 0.330 e. The molecule has 0 aliphatic heterocycles. The summed E-state index contributed by atoms with van der Waals surface area (Å²) >= 11 is 1.28. The lowest BCUT2D eigenvalue weighted by Crippen LogP contribution is -2.34. The molecule has 1 aromatic heterocycles. The molecule has 0 saturated heterocycles. The van der Waals surface area contributed by atoms with Crippen LogP contribution in [0.15, 0.2) is 21.7 Å². The van der Waals surface area contributed by atoms with Gasteiger partial charge in [0, 0.05) is 12.6 Å². The maximum absolute atomic E-state index is 12.3. The van der Waals surface area contributed by atoms with Crippen LogP contribution in [0.1, 0.15) is 19.3 Å². The molecule has 1 saturated carbocycles. The van der Waals surface area contributed by atoms with E-state index in [2.05, 4.69) is 0 Å². The monoisotopic (exact) mass is 260 g/mol. The van der Waals surface area contributed by atoms with Crippen molar-refractivity contribution in [3.63, 3.8) is 0 Å². The van der Waals surface area contributed by atoms with E-state index in [-0.39, 0.29) is 6.04 Å². The average Bonchev–Trinajstić information content (AvgIpc) is 2.92. The third-order valence-electron chi connectivity index (χ3n) is 2.59. The Morgan fingerprint density at radius 3 is 2.75 bits per heavy atom. The minimum absolute atomic E-state index is 0.207. The van der Waals surface area contributed by atoms with Gasteiger partial charge in [-0.05, 0) is 37.3 Å². The normalized spacial score (nSPS) is 16.9. The number of nitrogens with two attached hydrogens (primary N) is 1. The summed E-state index contributed by atoms with van der Waals surface area (Å²) in [4.78, 5) is 0. The molecule has 1 aliphatic rings. The number of thiophene rings is 1. The highest BCUT2D eigenvalue weighted by molar-refractivity contribution is 7.91. The lowest BCUT2D eigenvalue weighted by Gasteiger charge is -2.20.